The number of nitrogens with two attached hydrogens (primary N) is 2. The molecular formula is CH4N6O5Pt. The number of urea groups is 1. The standard InChI is InChI=1S/CH4N6O5.Pt/c2-4(6(9)10)1(8)5(3)7(11)12;/h2-3H2;. The van der Waals surface area contributed by atoms with Crippen molar-refractivity contribution in [1.82, 2.24) is 10.2 Å². The minimum Gasteiger partial charge on any atom is -0.233 e. The molecule has 0 spiro atoms. The van der Waals surface area contributed by atoms with Crippen LogP contribution in [0, 0.1) is 20.2 Å². The number of nitro groups is 2. The van der Waals surface area contributed by atoms with Crippen molar-refractivity contribution < 1.29 is 35.9 Å². The van der Waals surface area contributed by atoms with Crippen molar-refractivity contribution in [1.29, 1.82) is 0 Å². The molecule has 0 unspecified atom stereocenters. The van der Waals surface area contributed by atoms with Crippen molar-refractivity contribution in [3.63, 3.8) is 0 Å². The fourth-order valence-electron chi connectivity index (χ4n) is 0.245. The van der Waals surface area contributed by atoms with E-state index in [1.165, 1.54) is 0 Å². The van der Waals surface area contributed by atoms with Crippen LogP contribution in [-0.2, 0) is 21.1 Å². The quantitative estimate of drug-likeness (QED) is 0.240. The van der Waals surface area contributed by atoms with Gasteiger partial charge in [0.05, 0.1) is 0 Å². The van der Waals surface area contributed by atoms with Crippen molar-refractivity contribution >= 4 is 6.03 Å². The minimum atomic E-state index is -1.76. The molecule has 0 bridgehead atoms. The summed E-state index contributed by atoms with van der Waals surface area (Å²) in [5.74, 6) is 8.91. The van der Waals surface area contributed by atoms with Crippen LogP contribution in [0.4, 0.5) is 4.79 Å². The summed E-state index contributed by atoms with van der Waals surface area (Å²) in [4.78, 5) is 29.9. The summed E-state index contributed by atoms with van der Waals surface area (Å²) in [6, 6.07) is -1.76. The molecule has 11 nitrogen and oxygen atoms in total. The number of hydrogen-bond acceptors (Lipinski definition) is 7. The molecule has 0 heterocycles. The zero-order chi connectivity index (χ0) is 9.89. The number of hydrogen-bond donors (Lipinski definition) is 2. The molecule has 13 heavy (non-hydrogen) atoms. The predicted molar refractivity (Wildman–Crippen MR) is 31.4 cm³/mol. The van der Waals surface area contributed by atoms with Crippen LogP contribution in [-0.4, -0.2) is 26.3 Å². The van der Waals surface area contributed by atoms with Gasteiger partial charge in [0.25, 0.3) is 0 Å². The van der Waals surface area contributed by atoms with E-state index in [0.29, 0.717) is 0 Å². The van der Waals surface area contributed by atoms with E-state index in [9.17, 15) is 25.0 Å². The number of hydrazine groups is 4. The van der Waals surface area contributed by atoms with E-state index in [1.54, 1.807) is 0 Å². The van der Waals surface area contributed by atoms with Gasteiger partial charge in [-0.25, -0.2) is 25.0 Å². The molecule has 2 amide bonds. The molecule has 0 aromatic rings. The first-order valence-corrected chi connectivity index (χ1v) is 2.30. The van der Waals surface area contributed by atoms with Gasteiger partial charge >= 0.3 is 6.03 Å². The van der Waals surface area contributed by atoms with Crippen LogP contribution in [0.25, 0.3) is 0 Å². The van der Waals surface area contributed by atoms with Gasteiger partial charge in [0.1, 0.15) is 0 Å². The Bertz CT molecular complexity index is 207. The summed E-state index contributed by atoms with van der Waals surface area (Å²) >= 11 is 0. The first kappa shape index (κ1) is 14.2. The van der Waals surface area contributed by atoms with Crippen molar-refractivity contribution in [3.8, 4) is 0 Å². The zero-order valence-electron chi connectivity index (χ0n) is 5.80. The molecule has 0 aliphatic carbocycles. The Kier molecular flexibility index (Phi) is 5.85. The summed E-state index contributed by atoms with van der Waals surface area (Å²) in [6.45, 7) is 0. The summed E-state index contributed by atoms with van der Waals surface area (Å²) in [6.07, 6.45) is 0. The maximum atomic E-state index is 10.4. The maximum Gasteiger partial charge on any atom is 0.471 e. The molecule has 78 valence electrons. The molecule has 0 aliphatic rings. The van der Waals surface area contributed by atoms with Crippen molar-refractivity contribution in [2.24, 2.45) is 11.7 Å². The third-order valence-electron chi connectivity index (χ3n) is 0.744. The van der Waals surface area contributed by atoms with E-state index in [4.69, 9.17) is 0 Å². The Balaban J connectivity index is 0. The Labute approximate surface area is 84.7 Å². The van der Waals surface area contributed by atoms with Crippen molar-refractivity contribution in [2.75, 3.05) is 0 Å². The van der Waals surface area contributed by atoms with E-state index in [-0.39, 0.29) is 21.1 Å². The van der Waals surface area contributed by atoms with Crippen molar-refractivity contribution in [3.05, 3.63) is 20.2 Å². The Hall–Kier alpha value is -1.32. The van der Waals surface area contributed by atoms with Gasteiger partial charge in [-0.3, -0.25) is 0 Å². The molecule has 4 N–H and O–H groups in total. The van der Waals surface area contributed by atoms with Crippen LogP contribution >= 0.6 is 0 Å². The summed E-state index contributed by atoms with van der Waals surface area (Å²) in [5.41, 5.74) is 0. The van der Waals surface area contributed by atoms with E-state index in [2.05, 4.69) is 11.7 Å². The third-order valence-corrected chi connectivity index (χ3v) is 0.744. The number of carbonyl (C=O) groups is 1. The van der Waals surface area contributed by atoms with Crippen LogP contribution in [0.15, 0.2) is 0 Å². The van der Waals surface area contributed by atoms with Crippen LogP contribution < -0.4 is 11.7 Å². The van der Waals surface area contributed by atoms with E-state index < -0.39 is 26.3 Å². The second-order valence-electron chi connectivity index (χ2n) is 1.45. The van der Waals surface area contributed by atoms with Gasteiger partial charge in [-0.2, -0.15) is 11.7 Å². The van der Waals surface area contributed by atoms with Crippen LogP contribution in [0.2, 0.25) is 0 Å². The summed E-state index contributed by atoms with van der Waals surface area (Å²) in [5, 5.41) is 15.6. The number of rotatable bonds is 2. The average molecular weight is 375 g/mol. The van der Waals surface area contributed by atoms with E-state index in [0.717, 1.165) is 0 Å². The van der Waals surface area contributed by atoms with Gasteiger partial charge in [-0.1, -0.05) is 0 Å². The van der Waals surface area contributed by atoms with Gasteiger partial charge in [0.15, 0.2) is 10.1 Å². The smallest absolute Gasteiger partial charge is 0.233 e. The number of carbonyl (C=O) groups excluding carboxylic acids is 1. The molecule has 0 saturated carbocycles. The maximum absolute atomic E-state index is 10.4. The largest absolute Gasteiger partial charge is 0.471 e. The summed E-state index contributed by atoms with van der Waals surface area (Å²) < 4.78 is 0. The molecule has 0 atom stereocenters. The Morgan fingerprint density at radius 2 is 1.31 bits per heavy atom. The molecule has 12 heteroatoms. The zero-order valence-corrected chi connectivity index (χ0v) is 8.07. The van der Waals surface area contributed by atoms with Gasteiger partial charge in [-0.05, 0) is 0 Å². The molecule has 0 aromatic carbocycles. The van der Waals surface area contributed by atoms with Crippen molar-refractivity contribution in [2.45, 2.75) is 0 Å². The molecule has 0 fully saturated rings. The number of nitrogens with zero attached hydrogens (tertiary/aromatic N) is 4. The van der Waals surface area contributed by atoms with Gasteiger partial charge in [-0.15, -0.1) is 0 Å². The summed E-state index contributed by atoms with van der Waals surface area (Å²) in [7, 11) is 0. The second kappa shape index (κ2) is 5.35. The average Bonchev–Trinajstić information content (AvgIpc) is 2.00. The normalized spacial score (nSPS) is 8.15. The van der Waals surface area contributed by atoms with E-state index in [1.807, 2.05) is 0 Å². The first-order valence-electron chi connectivity index (χ1n) is 2.30. The van der Waals surface area contributed by atoms with Gasteiger partial charge < -0.3 is 0 Å². The Morgan fingerprint density at radius 1 is 1.08 bits per heavy atom. The first-order chi connectivity index (χ1) is 5.37. The van der Waals surface area contributed by atoms with Crippen LogP contribution in [0.1, 0.15) is 0 Å². The fourth-order valence-corrected chi connectivity index (χ4v) is 0.245. The molecule has 0 aliphatic heterocycles. The fraction of sp³-hybridized carbons (Fsp3) is 0. The molecular weight excluding hydrogens is 371 g/mol. The Morgan fingerprint density at radius 3 is 1.46 bits per heavy atom. The second-order valence-corrected chi connectivity index (χ2v) is 1.45. The molecule has 0 aromatic heterocycles. The molecule has 0 radical (unpaired) electrons. The number of amides is 2. The topological polar surface area (TPSA) is 162 Å². The third kappa shape index (κ3) is 3.73. The van der Waals surface area contributed by atoms with Gasteiger partial charge in [0.2, 0.25) is 0 Å². The SMILES string of the molecule is NN(C(=O)N(N)[N+](=O)[O-])[N+](=O)[O-].[Pt]. The van der Waals surface area contributed by atoms with E-state index >= 15 is 0 Å². The van der Waals surface area contributed by atoms with Crippen LogP contribution in [0.3, 0.4) is 0 Å². The molecule has 0 saturated heterocycles. The monoisotopic (exact) mass is 375 g/mol. The van der Waals surface area contributed by atoms with Gasteiger partial charge in [0, 0.05) is 31.3 Å². The van der Waals surface area contributed by atoms with Crippen LogP contribution in [0.5, 0.6) is 0 Å². The molecule has 0 rings (SSSR count). The predicted octanol–water partition coefficient (Wildman–Crippen LogP) is -2.16. The minimum absolute atomic E-state index is 0.